The normalized spacial score (nSPS) is 15.5. The molecule has 26 heavy (non-hydrogen) atoms. The second kappa shape index (κ2) is 6.87. The van der Waals surface area contributed by atoms with Crippen molar-refractivity contribution in [2.24, 2.45) is 0 Å². The van der Waals surface area contributed by atoms with Crippen LogP contribution in [0.2, 0.25) is 0 Å². The molecular formula is C18H21FN6O. The van der Waals surface area contributed by atoms with E-state index in [2.05, 4.69) is 20.7 Å². The van der Waals surface area contributed by atoms with E-state index in [0.717, 1.165) is 25.9 Å². The molecule has 1 aliphatic rings. The van der Waals surface area contributed by atoms with Crippen LogP contribution in [-0.4, -0.2) is 38.3 Å². The molecule has 2 N–H and O–H groups in total. The number of piperidine rings is 1. The summed E-state index contributed by atoms with van der Waals surface area (Å²) in [5.74, 6) is -0.247. The molecule has 1 aromatic carbocycles. The van der Waals surface area contributed by atoms with Gasteiger partial charge in [-0.05, 0) is 57.1 Å². The first-order valence-electron chi connectivity index (χ1n) is 8.88. The van der Waals surface area contributed by atoms with E-state index >= 15 is 0 Å². The number of anilines is 1. The molecule has 0 saturated carbocycles. The van der Waals surface area contributed by atoms with Crippen LogP contribution in [0.5, 0.6) is 0 Å². The van der Waals surface area contributed by atoms with Gasteiger partial charge in [0.2, 0.25) is 5.95 Å². The highest BCUT2D eigenvalue weighted by Gasteiger charge is 2.19. The van der Waals surface area contributed by atoms with Crippen LogP contribution >= 0.6 is 0 Å². The summed E-state index contributed by atoms with van der Waals surface area (Å²) in [5, 5.41) is 10.6. The average molecular weight is 356 g/mol. The lowest BCUT2D eigenvalue weighted by atomic mass is 10.1. The molecule has 0 bridgehead atoms. The van der Waals surface area contributed by atoms with Crippen molar-refractivity contribution in [3.63, 3.8) is 0 Å². The second-order valence-corrected chi connectivity index (χ2v) is 6.43. The molecule has 8 heteroatoms. The maximum absolute atomic E-state index is 13.5. The molecule has 1 amide bonds. The zero-order valence-electron chi connectivity index (χ0n) is 14.6. The maximum Gasteiger partial charge on any atom is 0.278 e. The number of amides is 1. The number of nitrogens with zero attached hydrogens (tertiary/aromatic N) is 4. The van der Waals surface area contributed by atoms with Crippen molar-refractivity contribution < 1.29 is 9.18 Å². The van der Waals surface area contributed by atoms with Gasteiger partial charge >= 0.3 is 0 Å². The lowest BCUT2D eigenvalue weighted by Crippen LogP contribution is -2.29. The molecule has 4 rings (SSSR count). The van der Waals surface area contributed by atoms with Crippen LogP contribution in [0.25, 0.3) is 11.0 Å². The van der Waals surface area contributed by atoms with Crippen LogP contribution in [0, 0.1) is 5.82 Å². The van der Waals surface area contributed by atoms with E-state index in [1.807, 2.05) is 17.8 Å². The molecule has 0 unspecified atom stereocenters. The zero-order valence-corrected chi connectivity index (χ0v) is 14.6. The summed E-state index contributed by atoms with van der Waals surface area (Å²) in [6, 6.07) is 6.43. The van der Waals surface area contributed by atoms with Crippen molar-refractivity contribution in [3.8, 4) is 0 Å². The third-order valence-corrected chi connectivity index (χ3v) is 4.78. The standard InChI is InChI=1S/C18H21FN6O/c1-2-24-16-11-12(19)3-4-14(16)21-18(24)22-17(26)15-7-10-25(23-15)13-5-8-20-9-6-13/h3-4,7,10-11,13,20H,2,5-6,8-9H2,1H3,(H,21,22,26). The van der Waals surface area contributed by atoms with Gasteiger partial charge in [-0.3, -0.25) is 14.8 Å². The monoisotopic (exact) mass is 356 g/mol. The minimum atomic E-state index is -0.328. The first-order valence-corrected chi connectivity index (χ1v) is 8.88. The largest absolute Gasteiger partial charge is 0.317 e. The van der Waals surface area contributed by atoms with Crippen molar-refractivity contribution in [2.75, 3.05) is 18.4 Å². The summed E-state index contributed by atoms with van der Waals surface area (Å²) in [6.45, 7) is 4.42. The Kier molecular flexibility index (Phi) is 4.42. The van der Waals surface area contributed by atoms with Gasteiger partial charge < -0.3 is 9.88 Å². The number of aryl methyl sites for hydroxylation is 1. The molecular weight excluding hydrogens is 335 g/mol. The third kappa shape index (κ3) is 3.08. The zero-order chi connectivity index (χ0) is 18.1. The van der Waals surface area contributed by atoms with E-state index in [9.17, 15) is 9.18 Å². The summed E-state index contributed by atoms with van der Waals surface area (Å²) in [7, 11) is 0. The summed E-state index contributed by atoms with van der Waals surface area (Å²) in [4.78, 5) is 17.0. The Bertz CT molecular complexity index is 940. The number of carbonyl (C=O) groups is 1. The van der Waals surface area contributed by atoms with E-state index in [1.54, 1.807) is 16.7 Å². The van der Waals surface area contributed by atoms with Crippen LogP contribution in [0.1, 0.15) is 36.3 Å². The fraction of sp³-hybridized carbons (Fsp3) is 0.389. The predicted molar refractivity (Wildman–Crippen MR) is 96.7 cm³/mol. The number of fused-ring (bicyclic) bond motifs is 1. The number of hydrogen-bond acceptors (Lipinski definition) is 4. The van der Waals surface area contributed by atoms with Crippen LogP contribution in [-0.2, 0) is 6.54 Å². The van der Waals surface area contributed by atoms with Gasteiger partial charge in [-0.25, -0.2) is 9.37 Å². The smallest absolute Gasteiger partial charge is 0.278 e. The molecule has 0 aliphatic carbocycles. The van der Waals surface area contributed by atoms with Crippen molar-refractivity contribution in [1.82, 2.24) is 24.6 Å². The first kappa shape index (κ1) is 16.7. The van der Waals surface area contributed by atoms with Gasteiger partial charge in [-0.15, -0.1) is 0 Å². The molecule has 0 atom stereocenters. The number of halogens is 1. The summed E-state index contributed by atoms with van der Waals surface area (Å²) < 4.78 is 17.2. The minimum absolute atomic E-state index is 0.317. The van der Waals surface area contributed by atoms with Crippen molar-refractivity contribution in [2.45, 2.75) is 32.4 Å². The Balaban J connectivity index is 1.56. The van der Waals surface area contributed by atoms with E-state index in [-0.39, 0.29) is 11.7 Å². The van der Waals surface area contributed by atoms with Gasteiger partial charge in [0.05, 0.1) is 17.1 Å². The Hall–Kier alpha value is -2.74. The Morgan fingerprint density at radius 3 is 2.92 bits per heavy atom. The molecule has 2 aromatic heterocycles. The molecule has 3 heterocycles. The number of rotatable bonds is 4. The van der Waals surface area contributed by atoms with Gasteiger partial charge in [-0.2, -0.15) is 5.10 Å². The number of nitrogens with one attached hydrogen (secondary N) is 2. The topological polar surface area (TPSA) is 76.8 Å². The summed E-state index contributed by atoms with van der Waals surface area (Å²) in [6.07, 6.45) is 3.85. The number of carbonyl (C=O) groups excluding carboxylic acids is 1. The molecule has 136 valence electrons. The van der Waals surface area contributed by atoms with Gasteiger partial charge in [0.1, 0.15) is 5.82 Å². The highest BCUT2D eigenvalue weighted by atomic mass is 19.1. The molecule has 0 spiro atoms. The molecule has 1 fully saturated rings. The van der Waals surface area contributed by atoms with Gasteiger partial charge in [-0.1, -0.05) is 0 Å². The average Bonchev–Trinajstić information content (AvgIpc) is 3.27. The Morgan fingerprint density at radius 1 is 1.35 bits per heavy atom. The van der Waals surface area contributed by atoms with E-state index in [0.29, 0.717) is 35.3 Å². The van der Waals surface area contributed by atoms with Crippen LogP contribution < -0.4 is 10.6 Å². The number of hydrogen-bond donors (Lipinski definition) is 2. The fourth-order valence-electron chi connectivity index (χ4n) is 3.41. The summed E-state index contributed by atoms with van der Waals surface area (Å²) in [5.41, 5.74) is 1.65. The summed E-state index contributed by atoms with van der Waals surface area (Å²) >= 11 is 0. The van der Waals surface area contributed by atoms with Crippen molar-refractivity contribution >= 4 is 22.9 Å². The minimum Gasteiger partial charge on any atom is -0.317 e. The van der Waals surface area contributed by atoms with E-state index in [4.69, 9.17) is 0 Å². The van der Waals surface area contributed by atoms with E-state index in [1.165, 1.54) is 12.1 Å². The maximum atomic E-state index is 13.5. The Morgan fingerprint density at radius 2 is 2.15 bits per heavy atom. The fourth-order valence-corrected chi connectivity index (χ4v) is 3.41. The molecule has 1 saturated heterocycles. The number of aromatic nitrogens is 4. The van der Waals surface area contributed by atoms with Crippen LogP contribution in [0.3, 0.4) is 0 Å². The lowest BCUT2D eigenvalue weighted by molar-refractivity contribution is 0.101. The quantitative estimate of drug-likeness (QED) is 0.753. The van der Waals surface area contributed by atoms with Gasteiger partial charge in [0.15, 0.2) is 5.69 Å². The van der Waals surface area contributed by atoms with E-state index < -0.39 is 0 Å². The van der Waals surface area contributed by atoms with Crippen LogP contribution in [0.15, 0.2) is 30.5 Å². The van der Waals surface area contributed by atoms with Gasteiger partial charge in [0.25, 0.3) is 5.91 Å². The van der Waals surface area contributed by atoms with Crippen molar-refractivity contribution in [1.29, 1.82) is 0 Å². The number of benzene rings is 1. The highest BCUT2D eigenvalue weighted by molar-refractivity contribution is 6.02. The predicted octanol–water partition coefficient (Wildman–Crippen LogP) is 2.57. The Labute approximate surface area is 150 Å². The molecule has 7 nitrogen and oxygen atoms in total. The second-order valence-electron chi connectivity index (χ2n) is 6.43. The van der Waals surface area contributed by atoms with Crippen molar-refractivity contribution in [3.05, 3.63) is 42.0 Å². The highest BCUT2D eigenvalue weighted by Crippen LogP contribution is 2.22. The van der Waals surface area contributed by atoms with Gasteiger partial charge in [0, 0.05) is 12.7 Å². The molecule has 1 aliphatic heterocycles. The molecule has 0 radical (unpaired) electrons. The molecule has 3 aromatic rings. The van der Waals surface area contributed by atoms with Crippen LogP contribution in [0.4, 0.5) is 10.3 Å². The number of imidazole rings is 1. The lowest BCUT2D eigenvalue weighted by Gasteiger charge is -2.22. The third-order valence-electron chi connectivity index (χ3n) is 4.78. The SMILES string of the molecule is CCn1c(NC(=O)c2ccn(C3CCNCC3)n2)nc2ccc(F)cc21. The first-order chi connectivity index (χ1) is 12.7.